The minimum Gasteiger partial charge on any atom is -0.492 e. The summed E-state index contributed by atoms with van der Waals surface area (Å²) < 4.78 is 11.8. The van der Waals surface area contributed by atoms with Gasteiger partial charge in [-0.05, 0) is 82.2 Å². The maximum Gasteiger partial charge on any atom is 0.248 e. The van der Waals surface area contributed by atoms with Gasteiger partial charge in [0.2, 0.25) is 5.91 Å². The van der Waals surface area contributed by atoms with Gasteiger partial charge in [-0.1, -0.05) is 12.1 Å². The zero-order valence-electron chi connectivity index (χ0n) is 24.1. The minimum absolute atomic E-state index is 0.244. The number of amides is 1. The van der Waals surface area contributed by atoms with Crippen LogP contribution in [0.15, 0.2) is 73.1 Å². The van der Waals surface area contributed by atoms with E-state index in [0.29, 0.717) is 46.8 Å². The number of carbonyl (C=O) groups excluding carboxylic acids is 1. The van der Waals surface area contributed by atoms with Gasteiger partial charge in [-0.15, -0.1) is 0 Å². The van der Waals surface area contributed by atoms with Crippen molar-refractivity contribution in [3.05, 3.63) is 89.9 Å². The molecule has 0 aliphatic carbocycles. The topological polar surface area (TPSA) is 112 Å². The first-order valence-electron chi connectivity index (χ1n) is 14.0. The maximum absolute atomic E-state index is 12.9. The summed E-state index contributed by atoms with van der Waals surface area (Å²) >= 11 is 0. The summed E-state index contributed by atoms with van der Waals surface area (Å²) in [5.74, 6) is 1.01. The molecule has 0 saturated carbocycles. The van der Waals surface area contributed by atoms with Crippen molar-refractivity contribution >= 4 is 33.9 Å². The van der Waals surface area contributed by atoms with Crippen LogP contribution in [0.4, 0.5) is 17.1 Å². The number of pyridine rings is 2. The Morgan fingerprint density at radius 2 is 2.05 bits per heavy atom. The normalized spacial score (nSPS) is 15.0. The van der Waals surface area contributed by atoms with Gasteiger partial charge in [-0.25, -0.2) is 0 Å². The molecule has 1 amide bonds. The number of aromatic nitrogens is 2. The average Bonchev–Trinajstić information content (AvgIpc) is 3.41. The number of carbonyl (C=O) groups is 1. The highest BCUT2D eigenvalue weighted by atomic mass is 16.5. The second-order valence-corrected chi connectivity index (χ2v) is 10.2. The lowest BCUT2D eigenvalue weighted by atomic mass is 10.1. The zero-order valence-corrected chi connectivity index (χ0v) is 24.1. The molecule has 1 saturated heterocycles. The Morgan fingerprint density at radius 3 is 2.76 bits per heavy atom. The number of rotatable bonds is 10. The molecule has 1 atom stereocenters. The lowest BCUT2D eigenvalue weighted by molar-refractivity contribution is -0.112. The predicted octanol–water partition coefficient (Wildman–Crippen LogP) is 6.12. The third-order valence-electron chi connectivity index (χ3n) is 7.24. The number of benzene rings is 2. The fraction of sp³-hybridized carbons (Fsp3) is 0.273. The number of aryl methyl sites for hydroxylation is 1. The number of ether oxygens (including phenoxy) is 2. The van der Waals surface area contributed by atoms with Crippen LogP contribution in [0.2, 0.25) is 0 Å². The Bertz CT molecular complexity index is 1650. The van der Waals surface area contributed by atoms with Crippen LogP contribution in [0.1, 0.15) is 36.6 Å². The van der Waals surface area contributed by atoms with Crippen molar-refractivity contribution in [1.82, 2.24) is 14.9 Å². The number of nitriles is 1. The Balaban J connectivity index is 1.42. The molecule has 1 fully saturated rings. The number of anilines is 3. The van der Waals surface area contributed by atoms with Crippen LogP contribution >= 0.6 is 0 Å². The van der Waals surface area contributed by atoms with Gasteiger partial charge >= 0.3 is 0 Å². The Labute approximate surface area is 245 Å². The van der Waals surface area contributed by atoms with E-state index in [2.05, 4.69) is 38.6 Å². The van der Waals surface area contributed by atoms with Crippen LogP contribution in [-0.4, -0.2) is 47.0 Å². The van der Waals surface area contributed by atoms with Crippen molar-refractivity contribution in [1.29, 1.82) is 5.26 Å². The molecule has 2 aromatic heterocycles. The van der Waals surface area contributed by atoms with Crippen molar-refractivity contribution in [2.75, 3.05) is 30.8 Å². The quantitative estimate of drug-likeness (QED) is 0.222. The molecule has 0 spiro atoms. The molecule has 1 aliphatic heterocycles. The molecule has 5 rings (SSSR count). The number of nitrogens with zero attached hydrogens (tertiary/aromatic N) is 4. The summed E-state index contributed by atoms with van der Waals surface area (Å²) in [7, 11) is 2.06. The number of fused-ring (bicyclic) bond motifs is 1. The van der Waals surface area contributed by atoms with Gasteiger partial charge in [0.15, 0.2) is 0 Å². The molecule has 4 aromatic rings. The predicted molar refractivity (Wildman–Crippen MR) is 164 cm³/mol. The first-order chi connectivity index (χ1) is 20.4. The van der Waals surface area contributed by atoms with Crippen molar-refractivity contribution in [2.24, 2.45) is 0 Å². The van der Waals surface area contributed by atoms with E-state index in [4.69, 9.17) is 9.47 Å². The summed E-state index contributed by atoms with van der Waals surface area (Å²) in [4.78, 5) is 23.9. The highest BCUT2D eigenvalue weighted by Crippen LogP contribution is 2.37. The molecule has 9 nitrogen and oxygen atoms in total. The van der Waals surface area contributed by atoms with Crippen molar-refractivity contribution in [2.45, 2.75) is 39.3 Å². The van der Waals surface area contributed by atoms with E-state index in [1.54, 1.807) is 24.4 Å². The van der Waals surface area contributed by atoms with Crippen molar-refractivity contribution < 1.29 is 14.3 Å². The third kappa shape index (κ3) is 6.67. The highest BCUT2D eigenvalue weighted by Gasteiger charge is 2.19. The second-order valence-electron chi connectivity index (χ2n) is 10.2. The Morgan fingerprint density at radius 1 is 1.17 bits per heavy atom. The lowest BCUT2D eigenvalue weighted by Gasteiger charge is -2.17. The molecule has 0 radical (unpaired) electrons. The summed E-state index contributed by atoms with van der Waals surface area (Å²) in [6, 6.07) is 17.6. The summed E-state index contributed by atoms with van der Waals surface area (Å²) in [5.41, 5.74) is 4.66. The molecule has 42 heavy (non-hydrogen) atoms. The number of nitrogens with one attached hydrogen (secondary N) is 2. The van der Waals surface area contributed by atoms with E-state index in [1.165, 1.54) is 6.20 Å². The maximum atomic E-state index is 12.9. The van der Waals surface area contributed by atoms with Crippen LogP contribution in [0.5, 0.6) is 11.5 Å². The van der Waals surface area contributed by atoms with Crippen LogP contribution in [-0.2, 0) is 11.4 Å². The van der Waals surface area contributed by atoms with Crippen molar-refractivity contribution in [3.63, 3.8) is 0 Å². The number of hydrogen-bond donors (Lipinski definition) is 2. The van der Waals surface area contributed by atoms with Crippen LogP contribution in [0, 0.1) is 18.3 Å². The van der Waals surface area contributed by atoms with E-state index in [1.807, 2.05) is 56.3 Å². The van der Waals surface area contributed by atoms with E-state index >= 15 is 0 Å². The molecule has 3 heterocycles. The van der Waals surface area contributed by atoms with Gasteiger partial charge < -0.3 is 20.1 Å². The summed E-state index contributed by atoms with van der Waals surface area (Å²) in [6.45, 7) is 5.67. The third-order valence-corrected chi connectivity index (χ3v) is 7.24. The van der Waals surface area contributed by atoms with Crippen molar-refractivity contribution in [3.8, 4) is 17.6 Å². The molecule has 2 N–H and O–H groups in total. The summed E-state index contributed by atoms with van der Waals surface area (Å²) in [5, 5.41) is 17.0. The highest BCUT2D eigenvalue weighted by molar-refractivity contribution is 6.05. The largest absolute Gasteiger partial charge is 0.492 e. The standard InChI is InChI=1S/C33H34N6O3/c1-4-41-31-18-28-27(17-29(31)38-32(40)13-11-26-9-7-15-39(26)3)33(23(19-34)20-36-28)37-24-10-12-30(22(2)16-24)42-21-25-8-5-6-14-35-25/h5-6,8,10-14,16-18,20,26H,4,7,9,15,21H2,1-3H3,(H,36,37)(H,38,40)/b13-11+. The molecule has 1 unspecified atom stereocenters. The van der Waals surface area contributed by atoms with E-state index in [-0.39, 0.29) is 11.9 Å². The number of likely N-dealkylation sites (tertiary alicyclic amines) is 1. The lowest BCUT2D eigenvalue weighted by Crippen LogP contribution is -2.23. The van der Waals surface area contributed by atoms with E-state index in [9.17, 15) is 10.1 Å². The Hall–Kier alpha value is -4.94. The fourth-order valence-electron chi connectivity index (χ4n) is 5.03. The second kappa shape index (κ2) is 13.1. The van der Waals surface area contributed by atoms with Crippen LogP contribution < -0.4 is 20.1 Å². The van der Waals surface area contributed by atoms with Gasteiger partial charge in [-0.2, -0.15) is 5.26 Å². The van der Waals surface area contributed by atoms with Gasteiger partial charge in [0, 0.05) is 41.7 Å². The number of likely N-dealkylation sites (N-methyl/N-ethyl adjacent to an activating group) is 1. The summed E-state index contributed by atoms with van der Waals surface area (Å²) in [6.07, 6.45) is 8.96. The number of hydrogen-bond acceptors (Lipinski definition) is 8. The van der Waals surface area contributed by atoms with Gasteiger partial charge in [-0.3, -0.25) is 19.7 Å². The van der Waals surface area contributed by atoms with Gasteiger partial charge in [0.25, 0.3) is 0 Å². The molecular weight excluding hydrogens is 528 g/mol. The molecule has 0 bridgehead atoms. The molecular formula is C33H34N6O3. The molecule has 2 aromatic carbocycles. The SMILES string of the molecule is CCOc1cc2ncc(C#N)c(Nc3ccc(OCc4ccccn4)c(C)c3)c2cc1NC(=O)/C=C/C1CCCN1C. The first-order valence-corrected chi connectivity index (χ1v) is 14.0. The van der Waals surface area contributed by atoms with Crippen LogP contribution in [0.3, 0.4) is 0 Å². The minimum atomic E-state index is -0.244. The average molecular weight is 563 g/mol. The Kier molecular flexibility index (Phi) is 8.95. The monoisotopic (exact) mass is 562 g/mol. The van der Waals surface area contributed by atoms with Crippen LogP contribution in [0.25, 0.3) is 10.9 Å². The fourth-order valence-corrected chi connectivity index (χ4v) is 5.03. The molecule has 1 aliphatic rings. The molecule has 214 valence electrons. The van der Waals surface area contributed by atoms with Gasteiger partial charge in [0.05, 0.1) is 34.8 Å². The first kappa shape index (κ1) is 28.6. The molecule has 9 heteroatoms. The zero-order chi connectivity index (χ0) is 29.5. The van der Waals surface area contributed by atoms with E-state index in [0.717, 1.165) is 42.1 Å². The van der Waals surface area contributed by atoms with Gasteiger partial charge in [0.1, 0.15) is 24.2 Å². The smallest absolute Gasteiger partial charge is 0.248 e. The van der Waals surface area contributed by atoms with E-state index < -0.39 is 0 Å².